The van der Waals surface area contributed by atoms with Crippen LogP contribution in [0.25, 0.3) is 11.4 Å². The molecular weight excluding hydrogens is 388 g/mol. The average Bonchev–Trinajstić information content (AvgIpc) is 3.00. The van der Waals surface area contributed by atoms with Gasteiger partial charge in [0.05, 0.1) is 5.75 Å². The van der Waals surface area contributed by atoms with Crippen LogP contribution >= 0.6 is 27.7 Å². The number of halogens is 1. The highest BCUT2D eigenvalue weighted by Gasteiger charge is 2.12. The average molecular weight is 411 g/mol. The summed E-state index contributed by atoms with van der Waals surface area (Å²) < 4.78 is 0.953. The van der Waals surface area contributed by atoms with Crippen molar-refractivity contribution in [2.24, 2.45) is 5.92 Å². The van der Waals surface area contributed by atoms with Gasteiger partial charge < -0.3 is 5.32 Å². The van der Waals surface area contributed by atoms with E-state index in [4.69, 9.17) is 0 Å². The smallest absolute Gasteiger partial charge is 0.230 e. The molecule has 2 rings (SSSR count). The lowest BCUT2D eigenvalue weighted by molar-refractivity contribution is -0.119. The van der Waals surface area contributed by atoms with Crippen molar-refractivity contribution in [2.45, 2.75) is 44.8 Å². The van der Waals surface area contributed by atoms with Crippen LogP contribution in [0, 0.1) is 5.92 Å². The van der Waals surface area contributed by atoms with Gasteiger partial charge in [0.1, 0.15) is 0 Å². The molecule has 0 aliphatic carbocycles. The lowest BCUT2D eigenvalue weighted by atomic mass is 10.0. The van der Waals surface area contributed by atoms with E-state index in [1.54, 1.807) is 0 Å². The minimum absolute atomic E-state index is 0.0171. The molecule has 0 bridgehead atoms. The van der Waals surface area contributed by atoms with Gasteiger partial charge in [-0.1, -0.05) is 59.7 Å². The first-order valence-corrected chi connectivity index (χ1v) is 9.83. The van der Waals surface area contributed by atoms with Crippen LogP contribution in [0.1, 0.15) is 33.6 Å². The second-order valence-corrected chi connectivity index (χ2v) is 7.97. The van der Waals surface area contributed by atoms with Crippen LogP contribution in [-0.4, -0.2) is 32.9 Å². The number of carbonyl (C=O) groups is 1. The Morgan fingerprint density at radius 3 is 2.75 bits per heavy atom. The molecule has 1 heterocycles. The summed E-state index contributed by atoms with van der Waals surface area (Å²) in [5.74, 6) is 1.68. The first kappa shape index (κ1) is 19.0. The number of thioether (sulfide) groups is 1. The summed E-state index contributed by atoms with van der Waals surface area (Å²) in [5, 5.41) is 10.7. The van der Waals surface area contributed by atoms with Crippen molar-refractivity contribution in [3.05, 3.63) is 28.7 Å². The molecule has 1 aromatic heterocycles. The molecule has 2 aromatic rings. The number of hydrogen-bond acceptors (Lipinski definition) is 4. The number of carbonyl (C=O) groups excluding carboxylic acids is 1. The fourth-order valence-electron chi connectivity index (χ4n) is 2.19. The van der Waals surface area contributed by atoms with Crippen molar-refractivity contribution in [2.75, 3.05) is 5.75 Å². The number of aromatic amines is 1. The van der Waals surface area contributed by atoms with E-state index in [1.807, 2.05) is 31.2 Å². The standard InChI is InChI=1S/C17H23BrN4OS/c1-11(2)8-9-12(3)19-15(23)10-24-17-20-16(21-22-17)13-6-4-5-7-14(13)18/h4-7,11-12H,8-10H2,1-3H3,(H,19,23)(H,20,21,22)/t12-/m0/s1. The van der Waals surface area contributed by atoms with E-state index in [2.05, 4.69) is 50.3 Å². The molecule has 130 valence electrons. The van der Waals surface area contributed by atoms with E-state index in [0.717, 1.165) is 22.9 Å². The van der Waals surface area contributed by atoms with Gasteiger partial charge in [0, 0.05) is 16.1 Å². The highest BCUT2D eigenvalue weighted by molar-refractivity contribution is 9.10. The predicted octanol–water partition coefficient (Wildman–Crippen LogP) is 4.27. The minimum Gasteiger partial charge on any atom is -0.353 e. The van der Waals surface area contributed by atoms with Crippen LogP contribution in [0.15, 0.2) is 33.9 Å². The van der Waals surface area contributed by atoms with Gasteiger partial charge in [-0.3, -0.25) is 9.89 Å². The summed E-state index contributed by atoms with van der Waals surface area (Å²) in [7, 11) is 0. The fourth-order valence-corrected chi connectivity index (χ4v) is 3.27. The van der Waals surface area contributed by atoms with Crippen LogP contribution in [0.2, 0.25) is 0 Å². The number of aromatic nitrogens is 3. The maximum Gasteiger partial charge on any atom is 0.230 e. The molecule has 0 radical (unpaired) electrons. The van der Waals surface area contributed by atoms with Gasteiger partial charge >= 0.3 is 0 Å². The normalized spacial score (nSPS) is 12.4. The lowest BCUT2D eigenvalue weighted by Crippen LogP contribution is -2.34. The van der Waals surface area contributed by atoms with E-state index in [1.165, 1.54) is 11.8 Å². The number of nitrogens with one attached hydrogen (secondary N) is 2. The van der Waals surface area contributed by atoms with Crippen LogP contribution in [0.4, 0.5) is 0 Å². The summed E-state index contributed by atoms with van der Waals surface area (Å²) in [4.78, 5) is 16.4. The molecule has 7 heteroatoms. The van der Waals surface area contributed by atoms with E-state index in [0.29, 0.717) is 22.7 Å². The third-order valence-electron chi connectivity index (χ3n) is 3.51. The first-order chi connectivity index (χ1) is 11.5. The van der Waals surface area contributed by atoms with Gasteiger partial charge in [0.15, 0.2) is 5.82 Å². The monoisotopic (exact) mass is 410 g/mol. The molecule has 0 aliphatic rings. The predicted molar refractivity (Wildman–Crippen MR) is 102 cm³/mol. The summed E-state index contributed by atoms with van der Waals surface area (Å²) in [6, 6.07) is 8.01. The second-order valence-electron chi connectivity index (χ2n) is 6.17. The zero-order chi connectivity index (χ0) is 17.5. The molecule has 2 N–H and O–H groups in total. The van der Waals surface area contributed by atoms with E-state index in [-0.39, 0.29) is 11.9 Å². The Balaban J connectivity index is 1.83. The van der Waals surface area contributed by atoms with Gasteiger partial charge in [-0.05, 0) is 31.7 Å². The van der Waals surface area contributed by atoms with Gasteiger partial charge in [-0.25, -0.2) is 4.98 Å². The third-order valence-corrected chi connectivity index (χ3v) is 5.05. The molecule has 1 atom stereocenters. The number of hydrogen-bond donors (Lipinski definition) is 2. The van der Waals surface area contributed by atoms with Gasteiger partial charge in [-0.2, -0.15) is 0 Å². The molecule has 24 heavy (non-hydrogen) atoms. The lowest BCUT2D eigenvalue weighted by Gasteiger charge is -2.14. The SMILES string of the molecule is CC(C)CC[C@H](C)NC(=O)CSc1n[nH]c(-c2ccccc2Br)n1. The van der Waals surface area contributed by atoms with Gasteiger partial charge in [0.2, 0.25) is 11.1 Å². The summed E-state index contributed by atoms with van der Waals surface area (Å²) in [6.45, 7) is 6.43. The molecule has 0 spiro atoms. The molecule has 1 amide bonds. The Kier molecular flexibility index (Phi) is 7.30. The van der Waals surface area contributed by atoms with Crippen molar-refractivity contribution in [3.8, 4) is 11.4 Å². The number of rotatable bonds is 8. The van der Waals surface area contributed by atoms with Crippen molar-refractivity contribution in [3.63, 3.8) is 0 Å². The first-order valence-electron chi connectivity index (χ1n) is 8.05. The van der Waals surface area contributed by atoms with Crippen molar-refractivity contribution in [1.29, 1.82) is 0 Å². The quantitative estimate of drug-likeness (QED) is 0.637. The zero-order valence-electron chi connectivity index (χ0n) is 14.2. The highest BCUT2D eigenvalue weighted by atomic mass is 79.9. The Labute approximate surface area is 155 Å². The Bertz CT molecular complexity index is 674. The Hall–Kier alpha value is -1.34. The molecule has 0 unspecified atom stereocenters. The largest absolute Gasteiger partial charge is 0.353 e. The molecule has 0 fully saturated rings. The molecule has 0 saturated heterocycles. The van der Waals surface area contributed by atoms with Crippen LogP contribution in [0.5, 0.6) is 0 Å². The van der Waals surface area contributed by atoms with Gasteiger partial charge in [-0.15, -0.1) is 5.10 Å². The Morgan fingerprint density at radius 1 is 1.29 bits per heavy atom. The van der Waals surface area contributed by atoms with Crippen molar-refractivity contribution in [1.82, 2.24) is 20.5 Å². The zero-order valence-corrected chi connectivity index (χ0v) is 16.6. The van der Waals surface area contributed by atoms with E-state index < -0.39 is 0 Å². The van der Waals surface area contributed by atoms with E-state index >= 15 is 0 Å². The van der Waals surface area contributed by atoms with Crippen LogP contribution in [0.3, 0.4) is 0 Å². The molecule has 1 aromatic carbocycles. The number of amides is 1. The molecule has 0 saturated carbocycles. The highest BCUT2D eigenvalue weighted by Crippen LogP contribution is 2.26. The molecule has 5 nitrogen and oxygen atoms in total. The Morgan fingerprint density at radius 2 is 2.04 bits per heavy atom. The van der Waals surface area contributed by atoms with Crippen molar-refractivity contribution < 1.29 is 4.79 Å². The third kappa shape index (κ3) is 5.94. The topological polar surface area (TPSA) is 70.7 Å². The second kappa shape index (κ2) is 9.22. The maximum atomic E-state index is 12.0. The summed E-state index contributed by atoms with van der Waals surface area (Å²) in [6.07, 6.45) is 2.12. The molecule has 0 aliphatic heterocycles. The minimum atomic E-state index is 0.0171. The number of nitrogens with zero attached hydrogens (tertiary/aromatic N) is 2. The summed E-state index contributed by atoms with van der Waals surface area (Å²) in [5.41, 5.74) is 0.948. The van der Waals surface area contributed by atoms with E-state index in [9.17, 15) is 4.79 Å². The van der Waals surface area contributed by atoms with Gasteiger partial charge in [0.25, 0.3) is 0 Å². The molecular formula is C17H23BrN4OS. The summed E-state index contributed by atoms with van der Waals surface area (Å²) >= 11 is 4.83. The van der Waals surface area contributed by atoms with Crippen molar-refractivity contribution >= 4 is 33.6 Å². The fraction of sp³-hybridized carbons (Fsp3) is 0.471. The maximum absolute atomic E-state index is 12.0. The van der Waals surface area contributed by atoms with Crippen LogP contribution < -0.4 is 5.32 Å². The number of benzene rings is 1. The number of H-pyrrole nitrogens is 1. The van der Waals surface area contributed by atoms with Crippen LogP contribution in [-0.2, 0) is 4.79 Å².